The topological polar surface area (TPSA) is 58.6 Å². The van der Waals surface area contributed by atoms with Gasteiger partial charge in [0.1, 0.15) is 0 Å². The van der Waals surface area contributed by atoms with Crippen molar-refractivity contribution in [1.29, 1.82) is 0 Å². The van der Waals surface area contributed by atoms with Crippen LogP contribution in [0.5, 0.6) is 5.75 Å². The number of halogens is 1. The maximum absolute atomic E-state index is 13.5. The van der Waals surface area contributed by atoms with Crippen LogP contribution in [-0.4, -0.2) is 24.2 Å². The molecule has 1 aromatic carbocycles. The summed E-state index contributed by atoms with van der Waals surface area (Å²) in [5.74, 6) is -0.980. The lowest BCUT2D eigenvalue weighted by Gasteiger charge is -2.09. The van der Waals surface area contributed by atoms with Gasteiger partial charge in [-0.2, -0.15) is 0 Å². The van der Waals surface area contributed by atoms with Gasteiger partial charge < -0.3 is 15.2 Å². The van der Waals surface area contributed by atoms with E-state index in [0.29, 0.717) is 12.1 Å². The smallest absolute Gasteiger partial charge is 0.258 e. The molecular formula is C13H16FNO3. The first-order valence-electron chi connectivity index (χ1n) is 5.52. The number of hydrogen-bond acceptors (Lipinski definition) is 3. The Morgan fingerprint density at radius 2 is 2.39 bits per heavy atom. The van der Waals surface area contributed by atoms with Gasteiger partial charge in [0.25, 0.3) is 5.91 Å². The van der Waals surface area contributed by atoms with Gasteiger partial charge in [-0.3, -0.25) is 4.79 Å². The molecule has 0 aliphatic rings. The third-order valence-corrected chi connectivity index (χ3v) is 2.24. The zero-order valence-electron chi connectivity index (χ0n) is 10.1. The molecule has 0 fully saturated rings. The monoisotopic (exact) mass is 253 g/mol. The van der Waals surface area contributed by atoms with Crippen molar-refractivity contribution in [3.8, 4) is 5.75 Å². The van der Waals surface area contributed by atoms with Gasteiger partial charge in [0.05, 0.1) is 6.10 Å². The summed E-state index contributed by atoms with van der Waals surface area (Å²) >= 11 is 0. The fraction of sp³-hybridized carbons (Fsp3) is 0.308. The lowest BCUT2D eigenvalue weighted by molar-refractivity contribution is -0.122. The number of ether oxygens (including phenoxy) is 1. The van der Waals surface area contributed by atoms with Gasteiger partial charge in [0, 0.05) is 6.54 Å². The number of aliphatic hydroxyl groups excluding tert-OH is 1. The first-order chi connectivity index (χ1) is 8.54. The molecule has 2 N–H and O–H groups in total. The molecule has 0 saturated carbocycles. The molecular weight excluding hydrogens is 237 g/mol. The number of amides is 1. The van der Waals surface area contributed by atoms with Gasteiger partial charge >= 0.3 is 0 Å². The molecule has 0 spiro atoms. The minimum absolute atomic E-state index is 0.0202. The van der Waals surface area contributed by atoms with Crippen molar-refractivity contribution in [2.75, 3.05) is 13.2 Å². The Morgan fingerprint density at radius 3 is 2.94 bits per heavy atom. The molecule has 0 saturated heterocycles. The van der Waals surface area contributed by atoms with Crippen molar-refractivity contribution >= 4 is 5.91 Å². The maximum atomic E-state index is 13.5. The Labute approximate surface area is 105 Å². The number of nitrogens with one attached hydrogen (secondary N) is 1. The highest BCUT2D eigenvalue weighted by molar-refractivity contribution is 5.77. The number of carbonyl (C=O) groups excluding carboxylic acids is 1. The van der Waals surface area contributed by atoms with Gasteiger partial charge in [-0.05, 0) is 24.6 Å². The maximum Gasteiger partial charge on any atom is 0.258 e. The van der Waals surface area contributed by atoms with E-state index in [-0.39, 0.29) is 18.3 Å². The second kappa shape index (κ2) is 6.76. The zero-order valence-corrected chi connectivity index (χ0v) is 10.1. The fourth-order valence-corrected chi connectivity index (χ4v) is 1.27. The molecule has 0 bridgehead atoms. The summed E-state index contributed by atoms with van der Waals surface area (Å²) in [5, 5.41) is 11.8. The second-order valence-electron chi connectivity index (χ2n) is 3.75. The standard InChI is InChI=1S/C13H16FNO3/c1-3-6-15-13(17)8-18-12-5-4-10(9(2)16)7-11(12)14/h3-5,7,9,16H,1,6,8H2,2H3,(H,15,17). The van der Waals surface area contributed by atoms with Gasteiger partial charge in [0.15, 0.2) is 18.2 Å². The summed E-state index contributed by atoms with van der Waals surface area (Å²) in [6, 6.07) is 4.12. The Morgan fingerprint density at radius 1 is 1.67 bits per heavy atom. The van der Waals surface area contributed by atoms with Crippen molar-refractivity contribution < 1.29 is 19.0 Å². The molecule has 1 amide bonds. The third-order valence-electron chi connectivity index (χ3n) is 2.24. The lowest BCUT2D eigenvalue weighted by atomic mass is 10.1. The van der Waals surface area contributed by atoms with Crippen molar-refractivity contribution in [2.24, 2.45) is 0 Å². The van der Waals surface area contributed by atoms with Crippen LogP contribution in [0.2, 0.25) is 0 Å². The van der Waals surface area contributed by atoms with Gasteiger partial charge in [0.2, 0.25) is 0 Å². The quantitative estimate of drug-likeness (QED) is 0.756. The molecule has 1 rings (SSSR count). The molecule has 0 heterocycles. The largest absolute Gasteiger partial charge is 0.481 e. The van der Waals surface area contributed by atoms with Crippen molar-refractivity contribution in [3.63, 3.8) is 0 Å². The summed E-state index contributed by atoms with van der Waals surface area (Å²) in [6.45, 7) is 5.07. The van der Waals surface area contributed by atoms with Crippen LogP contribution in [-0.2, 0) is 4.79 Å². The summed E-state index contributed by atoms with van der Waals surface area (Å²) < 4.78 is 18.6. The van der Waals surface area contributed by atoms with Gasteiger partial charge in [-0.15, -0.1) is 6.58 Å². The van der Waals surface area contributed by atoms with Crippen LogP contribution in [0.25, 0.3) is 0 Å². The molecule has 98 valence electrons. The van der Waals surface area contributed by atoms with Crippen molar-refractivity contribution in [3.05, 3.63) is 42.2 Å². The molecule has 18 heavy (non-hydrogen) atoms. The van der Waals surface area contributed by atoms with E-state index in [1.54, 1.807) is 6.07 Å². The van der Waals surface area contributed by atoms with Crippen molar-refractivity contribution in [2.45, 2.75) is 13.0 Å². The molecule has 5 heteroatoms. The first-order valence-corrected chi connectivity index (χ1v) is 5.52. The van der Waals surface area contributed by atoms with E-state index in [0.717, 1.165) is 0 Å². The molecule has 1 aromatic rings. The van der Waals surface area contributed by atoms with Crippen LogP contribution >= 0.6 is 0 Å². The first kappa shape index (κ1) is 14.2. The number of rotatable bonds is 6. The minimum atomic E-state index is -0.746. The molecule has 0 aliphatic heterocycles. The Balaban J connectivity index is 2.57. The van der Waals surface area contributed by atoms with E-state index in [4.69, 9.17) is 4.74 Å². The Bertz CT molecular complexity index is 432. The molecule has 1 unspecified atom stereocenters. The minimum Gasteiger partial charge on any atom is -0.481 e. The molecule has 1 atom stereocenters. The summed E-state index contributed by atoms with van der Waals surface area (Å²) in [5.41, 5.74) is 0.455. The highest BCUT2D eigenvalue weighted by Crippen LogP contribution is 2.21. The third kappa shape index (κ3) is 4.18. The Kier molecular flexibility index (Phi) is 5.32. The normalized spacial score (nSPS) is 11.7. The molecule has 4 nitrogen and oxygen atoms in total. The summed E-state index contributed by atoms with van der Waals surface area (Å²) in [7, 11) is 0. The summed E-state index contributed by atoms with van der Waals surface area (Å²) in [6.07, 6.45) is 0.792. The SMILES string of the molecule is C=CCNC(=O)COc1ccc(C(C)O)cc1F. The molecule has 0 aliphatic carbocycles. The van der Waals surface area contributed by atoms with Crippen molar-refractivity contribution in [1.82, 2.24) is 5.32 Å². The molecule has 0 aromatic heterocycles. The van der Waals surface area contributed by atoms with E-state index < -0.39 is 11.9 Å². The Hall–Kier alpha value is -1.88. The average Bonchev–Trinajstić information content (AvgIpc) is 2.34. The highest BCUT2D eigenvalue weighted by atomic mass is 19.1. The number of benzene rings is 1. The number of aliphatic hydroxyl groups is 1. The van der Waals surface area contributed by atoms with Crippen LogP contribution in [0.3, 0.4) is 0 Å². The number of hydrogen-bond donors (Lipinski definition) is 2. The summed E-state index contributed by atoms with van der Waals surface area (Å²) in [4.78, 5) is 11.2. The van der Waals surface area contributed by atoms with E-state index >= 15 is 0 Å². The van der Waals surface area contributed by atoms with Crippen LogP contribution in [0.4, 0.5) is 4.39 Å². The predicted octanol–water partition coefficient (Wildman–Crippen LogP) is 1.56. The predicted molar refractivity (Wildman–Crippen MR) is 65.7 cm³/mol. The van der Waals surface area contributed by atoms with Crippen LogP contribution in [0.15, 0.2) is 30.9 Å². The fourth-order valence-electron chi connectivity index (χ4n) is 1.27. The lowest BCUT2D eigenvalue weighted by Crippen LogP contribution is -2.28. The zero-order chi connectivity index (χ0) is 13.5. The van der Waals surface area contributed by atoms with Gasteiger partial charge in [-0.25, -0.2) is 4.39 Å². The second-order valence-corrected chi connectivity index (χ2v) is 3.75. The van der Waals surface area contributed by atoms with Crippen LogP contribution < -0.4 is 10.1 Å². The van der Waals surface area contributed by atoms with Gasteiger partial charge in [-0.1, -0.05) is 12.1 Å². The average molecular weight is 253 g/mol. The highest BCUT2D eigenvalue weighted by Gasteiger charge is 2.09. The van der Waals surface area contributed by atoms with E-state index in [1.807, 2.05) is 0 Å². The van der Waals surface area contributed by atoms with Crippen LogP contribution in [0.1, 0.15) is 18.6 Å². The van der Waals surface area contributed by atoms with E-state index in [1.165, 1.54) is 25.1 Å². The van der Waals surface area contributed by atoms with E-state index in [2.05, 4.69) is 11.9 Å². The van der Waals surface area contributed by atoms with Crippen LogP contribution in [0, 0.1) is 5.82 Å². The molecule has 0 radical (unpaired) electrons. The number of carbonyl (C=O) groups is 1. The van der Waals surface area contributed by atoms with E-state index in [9.17, 15) is 14.3 Å².